The molecular weight excluding hydrogens is 351 g/mol. The van der Waals surface area contributed by atoms with Crippen LogP contribution in [0.25, 0.3) is 5.57 Å². The zero-order chi connectivity index (χ0) is 14.7. The lowest BCUT2D eigenvalue weighted by atomic mass is 9.98. The molecule has 19 heavy (non-hydrogen) atoms. The SMILES string of the molecule is CC1=CCCCc2cc(C=O)ccc21.CI.COC. The largest absolute Gasteiger partial charge is 0.388 e. The predicted octanol–water partition coefficient (Wildman–Crippen LogP) is 4.55. The molecule has 0 heterocycles. The Kier molecular flexibility index (Phi) is 10.8. The van der Waals surface area contributed by atoms with E-state index in [0.717, 1.165) is 24.7 Å². The Bertz CT molecular complexity index is 411. The van der Waals surface area contributed by atoms with Gasteiger partial charge in [0.1, 0.15) is 6.29 Å². The van der Waals surface area contributed by atoms with Crippen molar-refractivity contribution in [3.63, 3.8) is 0 Å². The van der Waals surface area contributed by atoms with Gasteiger partial charge in [0.05, 0.1) is 0 Å². The van der Waals surface area contributed by atoms with Gasteiger partial charge in [0.2, 0.25) is 0 Å². The van der Waals surface area contributed by atoms with Gasteiger partial charge in [-0.3, -0.25) is 4.79 Å². The molecule has 0 fully saturated rings. The number of hydrogen-bond acceptors (Lipinski definition) is 2. The van der Waals surface area contributed by atoms with Crippen molar-refractivity contribution in [1.29, 1.82) is 0 Å². The summed E-state index contributed by atoms with van der Waals surface area (Å²) in [4.78, 5) is 12.6. The van der Waals surface area contributed by atoms with Gasteiger partial charge in [-0.25, -0.2) is 0 Å². The number of hydrogen-bond donors (Lipinski definition) is 0. The summed E-state index contributed by atoms with van der Waals surface area (Å²) in [6.45, 7) is 2.14. The molecule has 0 bridgehead atoms. The van der Waals surface area contributed by atoms with Crippen molar-refractivity contribution in [1.82, 2.24) is 0 Å². The standard InChI is InChI=1S/C13H14O.C2H6O.CH3I/c1-10-4-2-3-5-12-8-11(9-14)6-7-13(10)12;1-3-2;1-2/h4,6-9H,2-3,5H2,1H3;1-2H3;1H3. The maximum absolute atomic E-state index is 10.6. The summed E-state index contributed by atoms with van der Waals surface area (Å²) in [6, 6.07) is 5.98. The minimum absolute atomic E-state index is 0.790. The summed E-state index contributed by atoms with van der Waals surface area (Å²) in [5.41, 5.74) is 4.77. The maximum Gasteiger partial charge on any atom is 0.150 e. The molecule has 0 saturated heterocycles. The minimum atomic E-state index is 0.790. The Morgan fingerprint density at radius 2 is 1.89 bits per heavy atom. The molecule has 2 rings (SSSR count). The highest BCUT2D eigenvalue weighted by molar-refractivity contribution is 14.1. The summed E-state index contributed by atoms with van der Waals surface area (Å²) in [7, 11) is 3.25. The minimum Gasteiger partial charge on any atom is -0.388 e. The molecular formula is C16H23IO2. The van der Waals surface area contributed by atoms with E-state index >= 15 is 0 Å². The quantitative estimate of drug-likeness (QED) is 0.410. The Balaban J connectivity index is 0.000000573. The van der Waals surface area contributed by atoms with Crippen LogP contribution in [0.5, 0.6) is 0 Å². The number of methoxy groups -OCH3 is 1. The molecule has 1 aliphatic carbocycles. The van der Waals surface area contributed by atoms with E-state index in [1.165, 1.54) is 23.1 Å². The van der Waals surface area contributed by atoms with Crippen molar-refractivity contribution >= 4 is 34.5 Å². The second kappa shape index (κ2) is 11.2. The van der Waals surface area contributed by atoms with Gasteiger partial charge in [-0.05, 0) is 53.9 Å². The van der Waals surface area contributed by atoms with Crippen molar-refractivity contribution in [2.45, 2.75) is 26.2 Å². The number of aldehydes is 1. The van der Waals surface area contributed by atoms with Gasteiger partial charge in [-0.2, -0.15) is 0 Å². The molecule has 0 spiro atoms. The number of halogens is 1. The number of ether oxygens (including phenoxy) is 1. The van der Waals surface area contributed by atoms with Gasteiger partial charge >= 0.3 is 0 Å². The third-order valence-corrected chi connectivity index (χ3v) is 2.79. The van der Waals surface area contributed by atoms with Crippen LogP contribution in [-0.2, 0) is 11.2 Å². The lowest BCUT2D eigenvalue weighted by molar-refractivity contribution is 0.112. The molecule has 0 saturated carbocycles. The highest BCUT2D eigenvalue weighted by Crippen LogP contribution is 2.25. The molecule has 3 heteroatoms. The fourth-order valence-electron chi connectivity index (χ4n) is 2.00. The number of aryl methyl sites for hydroxylation is 1. The number of carbonyl (C=O) groups is 1. The first-order chi connectivity index (χ1) is 9.22. The van der Waals surface area contributed by atoms with E-state index in [1.807, 2.05) is 17.1 Å². The molecule has 2 nitrogen and oxygen atoms in total. The second-order valence-corrected chi connectivity index (χ2v) is 4.22. The average molecular weight is 374 g/mol. The average Bonchev–Trinajstić information content (AvgIpc) is 2.63. The predicted molar refractivity (Wildman–Crippen MR) is 91.3 cm³/mol. The topological polar surface area (TPSA) is 26.3 Å². The Labute approximate surface area is 130 Å². The second-order valence-electron chi connectivity index (χ2n) is 4.22. The fourth-order valence-corrected chi connectivity index (χ4v) is 2.00. The van der Waals surface area contributed by atoms with Crippen LogP contribution < -0.4 is 0 Å². The van der Waals surface area contributed by atoms with Gasteiger partial charge in [-0.15, -0.1) is 0 Å². The van der Waals surface area contributed by atoms with Gasteiger partial charge in [0, 0.05) is 19.8 Å². The molecule has 1 aromatic rings. The summed E-state index contributed by atoms with van der Waals surface area (Å²) >= 11 is 2.15. The van der Waals surface area contributed by atoms with Gasteiger partial charge in [0.25, 0.3) is 0 Å². The molecule has 0 aliphatic heterocycles. The highest BCUT2D eigenvalue weighted by Gasteiger charge is 2.08. The lowest BCUT2D eigenvalue weighted by Gasteiger charge is -2.07. The van der Waals surface area contributed by atoms with Crippen LogP contribution >= 0.6 is 22.6 Å². The normalized spacial score (nSPS) is 12.6. The van der Waals surface area contributed by atoms with Crippen molar-refractivity contribution in [2.24, 2.45) is 0 Å². The molecule has 0 aromatic heterocycles. The van der Waals surface area contributed by atoms with E-state index in [0.29, 0.717) is 0 Å². The number of carbonyl (C=O) groups excluding carboxylic acids is 1. The molecule has 106 valence electrons. The lowest BCUT2D eigenvalue weighted by Crippen LogP contribution is -1.92. The van der Waals surface area contributed by atoms with Gasteiger partial charge < -0.3 is 4.74 Å². The van der Waals surface area contributed by atoms with Crippen molar-refractivity contribution < 1.29 is 9.53 Å². The molecule has 0 N–H and O–H groups in total. The smallest absolute Gasteiger partial charge is 0.150 e. The van der Waals surface area contributed by atoms with E-state index in [9.17, 15) is 4.79 Å². The molecule has 0 unspecified atom stereocenters. The number of rotatable bonds is 1. The third kappa shape index (κ3) is 6.34. The fraction of sp³-hybridized carbons (Fsp3) is 0.438. The highest BCUT2D eigenvalue weighted by atomic mass is 127. The molecule has 0 amide bonds. The zero-order valence-electron chi connectivity index (χ0n) is 12.2. The maximum atomic E-state index is 10.6. The van der Waals surface area contributed by atoms with Gasteiger partial charge in [0.15, 0.2) is 0 Å². The first-order valence-corrected chi connectivity index (χ1v) is 8.41. The summed E-state index contributed by atoms with van der Waals surface area (Å²) in [6.07, 6.45) is 6.63. The van der Waals surface area contributed by atoms with E-state index in [2.05, 4.69) is 46.4 Å². The first kappa shape index (κ1) is 18.3. The van der Waals surface area contributed by atoms with Crippen LogP contribution in [0, 0.1) is 0 Å². The van der Waals surface area contributed by atoms with E-state index in [-0.39, 0.29) is 0 Å². The monoisotopic (exact) mass is 374 g/mol. The van der Waals surface area contributed by atoms with E-state index in [4.69, 9.17) is 0 Å². The first-order valence-electron chi connectivity index (χ1n) is 6.26. The number of benzene rings is 1. The number of alkyl halides is 1. The van der Waals surface area contributed by atoms with Crippen molar-refractivity contribution in [3.8, 4) is 0 Å². The molecule has 1 aliphatic rings. The molecule has 1 aromatic carbocycles. The van der Waals surface area contributed by atoms with Crippen LogP contribution in [0.2, 0.25) is 0 Å². The zero-order valence-corrected chi connectivity index (χ0v) is 14.4. The van der Waals surface area contributed by atoms with Crippen LogP contribution in [0.15, 0.2) is 24.3 Å². The van der Waals surface area contributed by atoms with Crippen LogP contribution in [0.4, 0.5) is 0 Å². The Morgan fingerprint density at radius 1 is 1.26 bits per heavy atom. The van der Waals surface area contributed by atoms with Gasteiger partial charge in [-0.1, -0.05) is 40.8 Å². The molecule has 0 radical (unpaired) electrons. The summed E-state index contributed by atoms with van der Waals surface area (Å²) in [5, 5.41) is 0. The molecule has 0 atom stereocenters. The van der Waals surface area contributed by atoms with E-state index in [1.54, 1.807) is 14.2 Å². The van der Waals surface area contributed by atoms with Crippen molar-refractivity contribution in [2.75, 3.05) is 19.2 Å². The van der Waals surface area contributed by atoms with Crippen LogP contribution in [0.3, 0.4) is 0 Å². The van der Waals surface area contributed by atoms with Crippen LogP contribution in [0.1, 0.15) is 41.3 Å². The summed E-state index contributed by atoms with van der Waals surface area (Å²) < 4.78 is 4.25. The van der Waals surface area contributed by atoms with E-state index < -0.39 is 0 Å². The Hall–Kier alpha value is -0.680. The van der Waals surface area contributed by atoms with Crippen LogP contribution in [-0.4, -0.2) is 25.4 Å². The van der Waals surface area contributed by atoms with Crippen molar-refractivity contribution in [3.05, 3.63) is 41.0 Å². The third-order valence-electron chi connectivity index (χ3n) is 2.79. The Morgan fingerprint density at radius 3 is 2.47 bits per heavy atom. The summed E-state index contributed by atoms with van der Waals surface area (Å²) in [5.74, 6) is 0. The number of fused-ring (bicyclic) bond motifs is 1. The number of allylic oxidation sites excluding steroid dienone is 2.